The summed E-state index contributed by atoms with van der Waals surface area (Å²) in [5, 5.41) is 2.46. The first-order valence-electron chi connectivity index (χ1n) is 29.1. The molecule has 0 amide bonds. The SMILES string of the molecule is C1=CC(/C(=C2/c3ccccc3-c3ccc(N(c4ccc(-c5ccc6c(c5)c5ccccc5n6-c5ccc(-c6ccccc6)cc5)cc4)c4ccc5c(c4)C(c4ccccc4)(c4ccccc4)c4ccccc4-5)cc32)c2ccccc2)=CCC1. The molecule has 83 heavy (non-hydrogen) atoms. The molecule has 0 unspecified atom stereocenters. The van der Waals surface area contributed by atoms with Gasteiger partial charge in [0.15, 0.2) is 0 Å². The zero-order valence-corrected chi connectivity index (χ0v) is 45.8. The Morgan fingerprint density at radius 1 is 0.349 bits per heavy atom. The minimum Gasteiger partial charge on any atom is -0.310 e. The van der Waals surface area contributed by atoms with Crippen molar-refractivity contribution in [1.29, 1.82) is 0 Å². The largest absolute Gasteiger partial charge is 0.310 e. The van der Waals surface area contributed by atoms with Crippen molar-refractivity contribution in [3.05, 3.63) is 360 Å². The van der Waals surface area contributed by atoms with Crippen LogP contribution < -0.4 is 4.90 Å². The van der Waals surface area contributed by atoms with Crippen LogP contribution in [0.3, 0.4) is 0 Å². The lowest BCUT2D eigenvalue weighted by molar-refractivity contribution is 0.768. The van der Waals surface area contributed by atoms with Crippen molar-refractivity contribution in [2.75, 3.05) is 4.90 Å². The summed E-state index contributed by atoms with van der Waals surface area (Å²) >= 11 is 0. The second-order valence-electron chi connectivity index (χ2n) is 22.2. The molecule has 0 N–H and O–H groups in total. The van der Waals surface area contributed by atoms with Gasteiger partial charge in [0.05, 0.1) is 16.4 Å². The summed E-state index contributed by atoms with van der Waals surface area (Å²) in [4.78, 5) is 2.50. The second-order valence-corrected chi connectivity index (χ2v) is 22.2. The van der Waals surface area contributed by atoms with Crippen molar-refractivity contribution < 1.29 is 0 Å². The van der Waals surface area contributed by atoms with Crippen LogP contribution >= 0.6 is 0 Å². The highest BCUT2D eigenvalue weighted by molar-refractivity contribution is 6.15. The standard InChI is InChI=1S/C81H56N2/c1-6-22-55(23-7-1)56-38-45-64(46-39-56)83-77-37-21-19-34-71(77)73-52-60(42-51-78(73)83)57-40-43-63(44-41-57)82(66-48-50-70-69-33-18-20-36-75(69)81(76(70)54-66,61-28-12-4-13-29-61)62-30-14-5-15-31-62)65-47-49-68-67-32-16-17-35-72(67)80(74(68)53-65)79(58-24-8-2-9-25-58)59-26-10-3-11-27-59/h1-2,4-10,12-54H,3,11H2/b80-79-. The normalized spacial score (nSPS) is 14.2. The van der Waals surface area contributed by atoms with E-state index < -0.39 is 5.41 Å². The van der Waals surface area contributed by atoms with Crippen LogP contribution in [0.5, 0.6) is 0 Å². The number of benzene rings is 12. The van der Waals surface area contributed by atoms with E-state index in [0.717, 1.165) is 41.2 Å². The molecule has 2 nitrogen and oxygen atoms in total. The number of nitrogens with zero attached hydrogens (tertiary/aromatic N) is 2. The molecule has 1 heterocycles. The van der Waals surface area contributed by atoms with Crippen LogP contribution in [0.15, 0.2) is 321 Å². The number of anilines is 3. The third kappa shape index (κ3) is 7.86. The third-order valence-corrected chi connectivity index (χ3v) is 17.7. The van der Waals surface area contributed by atoms with Crippen LogP contribution in [-0.4, -0.2) is 4.57 Å². The third-order valence-electron chi connectivity index (χ3n) is 17.7. The molecular weight excluding hydrogens is 1000 g/mol. The summed E-state index contributed by atoms with van der Waals surface area (Å²) in [7, 11) is 0. The van der Waals surface area contributed by atoms with Gasteiger partial charge in [0.1, 0.15) is 0 Å². The lowest BCUT2D eigenvalue weighted by Gasteiger charge is -2.35. The monoisotopic (exact) mass is 1060 g/mol. The molecule has 0 saturated heterocycles. The van der Waals surface area contributed by atoms with Gasteiger partial charge in [-0.3, -0.25) is 0 Å². The summed E-state index contributed by atoms with van der Waals surface area (Å²) in [6, 6.07) is 110. The van der Waals surface area contributed by atoms with E-state index in [-0.39, 0.29) is 0 Å². The quantitative estimate of drug-likeness (QED) is 0.133. The Hall–Kier alpha value is -10.5. The number of para-hydroxylation sites is 1. The summed E-state index contributed by atoms with van der Waals surface area (Å²) in [6.07, 6.45) is 9.18. The van der Waals surface area contributed by atoms with Crippen LogP contribution in [0.1, 0.15) is 51.8 Å². The predicted octanol–water partition coefficient (Wildman–Crippen LogP) is 21.2. The summed E-state index contributed by atoms with van der Waals surface area (Å²) in [6.45, 7) is 0. The minimum atomic E-state index is -0.561. The molecule has 0 bridgehead atoms. The molecule has 3 aliphatic carbocycles. The van der Waals surface area contributed by atoms with Gasteiger partial charge >= 0.3 is 0 Å². The van der Waals surface area contributed by atoms with Gasteiger partial charge in [0.25, 0.3) is 0 Å². The number of fused-ring (bicyclic) bond motifs is 9. The molecule has 0 saturated carbocycles. The number of hydrogen-bond acceptors (Lipinski definition) is 1. The summed E-state index contributed by atoms with van der Waals surface area (Å²) < 4.78 is 2.41. The fourth-order valence-corrected chi connectivity index (χ4v) is 14.0. The molecule has 0 radical (unpaired) electrons. The number of rotatable bonds is 10. The van der Waals surface area contributed by atoms with Gasteiger partial charge in [-0.15, -0.1) is 0 Å². The fourth-order valence-electron chi connectivity index (χ4n) is 14.0. The lowest BCUT2D eigenvalue weighted by Crippen LogP contribution is -2.28. The number of aromatic nitrogens is 1. The molecule has 12 aromatic carbocycles. The van der Waals surface area contributed by atoms with E-state index in [1.807, 2.05) is 0 Å². The highest BCUT2D eigenvalue weighted by atomic mass is 15.1. The Labute approximate surface area is 485 Å². The lowest BCUT2D eigenvalue weighted by atomic mass is 9.67. The number of allylic oxidation sites excluding steroid dienone is 5. The van der Waals surface area contributed by atoms with E-state index in [4.69, 9.17) is 0 Å². The van der Waals surface area contributed by atoms with Crippen molar-refractivity contribution in [1.82, 2.24) is 4.57 Å². The minimum absolute atomic E-state index is 0.561. The van der Waals surface area contributed by atoms with Crippen molar-refractivity contribution in [2.45, 2.75) is 18.3 Å². The maximum Gasteiger partial charge on any atom is 0.0714 e. The second kappa shape index (κ2) is 19.9. The van der Waals surface area contributed by atoms with Crippen molar-refractivity contribution in [2.24, 2.45) is 0 Å². The molecule has 0 atom stereocenters. The van der Waals surface area contributed by atoms with E-state index in [0.29, 0.717) is 0 Å². The molecular formula is C81H56N2. The highest BCUT2D eigenvalue weighted by Gasteiger charge is 2.46. The van der Waals surface area contributed by atoms with E-state index >= 15 is 0 Å². The molecule has 1 aromatic heterocycles. The Morgan fingerprint density at radius 2 is 0.880 bits per heavy atom. The zero-order chi connectivity index (χ0) is 54.8. The molecule has 390 valence electrons. The average molecular weight is 1060 g/mol. The van der Waals surface area contributed by atoms with Gasteiger partial charge in [0.2, 0.25) is 0 Å². The smallest absolute Gasteiger partial charge is 0.0714 e. The Morgan fingerprint density at radius 3 is 1.60 bits per heavy atom. The van der Waals surface area contributed by atoms with Crippen LogP contribution in [-0.2, 0) is 5.41 Å². The van der Waals surface area contributed by atoms with Crippen molar-refractivity contribution >= 4 is 50.0 Å². The van der Waals surface area contributed by atoms with Gasteiger partial charge in [-0.2, -0.15) is 0 Å². The first-order valence-corrected chi connectivity index (χ1v) is 29.1. The van der Waals surface area contributed by atoms with E-state index in [1.165, 1.54) is 116 Å². The van der Waals surface area contributed by atoms with Crippen LogP contribution in [0.2, 0.25) is 0 Å². The Balaban J connectivity index is 0.879. The summed E-state index contributed by atoms with van der Waals surface area (Å²) in [5.74, 6) is 0. The van der Waals surface area contributed by atoms with E-state index in [1.54, 1.807) is 0 Å². The predicted molar refractivity (Wildman–Crippen MR) is 348 cm³/mol. The van der Waals surface area contributed by atoms with Gasteiger partial charge in [-0.05, 0) is 180 Å². The zero-order valence-electron chi connectivity index (χ0n) is 45.8. The summed E-state index contributed by atoms with van der Waals surface area (Å²) in [5.41, 5.74) is 28.6. The molecule has 3 aliphatic rings. The molecule has 13 aromatic rings. The van der Waals surface area contributed by atoms with Crippen molar-refractivity contribution in [3.63, 3.8) is 0 Å². The van der Waals surface area contributed by atoms with Crippen LogP contribution in [0.25, 0.3) is 83.1 Å². The average Bonchev–Trinajstić information content (AvgIpc) is 2.05. The topological polar surface area (TPSA) is 8.17 Å². The fraction of sp³-hybridized carbons (Fsp3) is 0.0370. The van der Waals surface area contributed by atoms with Gasteiger partial charge in [-0.1, -0.05) is 249 Å². The maximum absolute atomic E-state index is 2.50. The van der Waals surface area contributed by atoms with Gasteiger partial charge < -0.3 is 9.47 Å². The molecule has 16 rings (SSSR count). The highest BCUT2D eigenvalue weighted by Crippen LogP contribution is 2.58. The molecule has 0 fully saturated rings. The van der Waals surface area contributed by atoms with Gasteiger partial charge in [0, 0.05) is 33.5 Å². The van der Waals surface area contributed by atoms with Crippen LogP contribution in [0, 0.1) is 0 Å². The Bertz CT molecular complexity index is 4700. The molecule has 2 heteroatoms. The van der Waals surface area contributed by atoms with E-state index in [2.05, 4.69) is 325 Å². The Kier molecular flexibility index (Phi) is 11.6. The van der Waals surface area contributed by atoms with Gasteiger partial charge in [-0.25, -0.2) is 0 Å². The molecule has 0 aliphatic heterocycles. The maximum atomic E-state index is 2.50. The molecule has 0 spiro atoms. The van der Waals surface area contributed by atoms with Crippen molar-refractivity contribution in [3.8, 4) is 50.2 Å². The van der Waals surface area contributed by atoms with Crippen LogP contribution in [0.4, 0.5) is 17.1 Å². The number of hydrogen-bond donors (Lipinski definition) is 0. The first kappa shape index (κ1) is 48.4. The first-order chi connectivity index (χ1) is 41.2. The van der Waals surface area contributed by atoms with E-state index in [9.17, 15) is 0 Å².